The summed E-state index contributed by atoms with van der Waals surface area (Å²) >= 11 is 1.66. The molecule has 0 radical (unpaired) electrons. The van der Waals surface area contributed by atoms with Crippen molar-refractivity contribution >= 4 is 16.3 Å². The first-order valence-corrected chi connectivity index (χ1v) is 8.40. The minimum atomic E-state index is 0.186. The van der Waals surface area contributed by atoms with E-state index < -0.39 is 0 Å². The van der Waals surface area contributed by atoms with Gasteiger partial charge in [0.25, 0.3) is 0 Å². The molecule has 0 bridgehead atoms. The summed E-state index contributed by atoms with van der Waals surface area (Å²) in [5.74, 6) is 0.897. The van der Waals surface area contributed by atoms with Crippen LogP contribution in [0.4, 0.5) is 0 Å². The Kier molecular flexibility index (Phi) is 4.18. The van der Waals surface area contributed by atoms with Crippen molar-refractivity contribution in [3.63, 3.8) is 0 Å². The van der Waals surface area contributed by atoms with Gasteiger partial charge in [0, 0.05) is 17.5 Å². The van der Waals surface area contributed by atoms with E-state index in [0.717, 1.165) is 28.4 Å². The van der Waals surface area contributed by atoms with Crippen molar-refractivity contribution < 1.29 is 4.74 Å². The SMILES string of the molecule is Cc1nc2scc(-c3ccc(OC(C)C)cc3)n2c1CCN. The molecule has 0 unspecified atom stereocenters. The Bertz CT molecular complexity index is 771. The van der Waals surface area contributed by atoms with Crippen molar-refractivity contribution in [1.29, 1.82) is 0 Å². The third-order valence-electron chi connectivity index (χ3n) is 3.56. The molecule has 0 aliphatic carbocycles. The van der Waals surface area contributed by atoms with Crippen LogP contribution in [0, 0.1) is 6.92 Å². The van der Waals surface area contributed by atoms with Crippen LogP contribution in [0.25, 0.3) is 16.2 Å². The van der Waals surface area contributed by atoms with Crippen molar-refractivity contribution in [3.8, 4) is 17.0 Å². The summed E-state index contributed by atoms with van der Waals surface area (Å²) in [6.45, 7) is 6.74. The topological polar surface area (TPSA) is 52.5 Å². The molecule has 2 heterocycles. The van der Waals surface area contributed by atoms with E-state index in [2.05, 4.69) is 26.9 Å². The zero-order valence-corrected chi connectivity index (χ0v) is 14.0. The fraction of sp³-hybridized carbons (Fsp3) is 0.353. The highest BCUT2D eigenvalue weighted by atomic mass is 32.1. The highest BCUT2D eigenvalue weighted by molar-refractivity contribution is 7.15. The van der Waals surface area contributed by atoms with Crippen LogP contribution >= 0.6 is 11.3 Å². The first kappa shape index (κ1) is 15.1. The fourth-order valence-electron chi connectivity index (χ4n) is 2.63. The number of aromatic nitrogens is 2. The number of aryl methyl sites for hydroxylation is 1. The normalized spacial score (nSPS) is 11.5. The van der Waals surface area contributed by atoms with E-state index in [1.54, 1.807) is 11.3 Å². The van der Waals surface area contributed by atoms with Crippen LogP contribution in [-0.4, -0.2) is 22.0 Å². The van der Waals surface area contributed by atoms with Gasteiger partial charge in [0.05, 0.1) is 17.5 Å². The number of hydrogen-bond donors (Lipinski definition) is 1. The Morgan fingerprint density at radius 2 is 2.00 bits per heavy atom. The maximum absolute atomic E-state index is 5.75. The lowest BCUT2D eigenvalue weighted by Crippen LogP contribution is -2.06. The molecule has 22 heavy (non-hydrogen) atoms. The highest BCUT2D eigenvalue weighted by Crippen LogP contribution is 2.30. The van der Waals surface area contributed by atoms with Crippen LogP contribution in [-0.2, 0) is 6.42 Å². The van der Waals surface area contributed by atoms with Crippen molar-refractivity contribution in [3.05, 3.63) is 41.0 Å². The molecule has 0 saturated carbocycles. The molecular formula is C17H21N3OS. The van der Waals surface area contributed by atoms with Crippen LogP contribution in [0.2, 0.25) is 0 Å². The first-order valence-electron chi connectivity index (χ1n) is 7.52. The second-order valence-electron chi connectivity index (χ2n) is 5.61. The molecule has 1 aromatic carbocycles. The number of rotatable bonds is 5. The number of nitrogens with zero attached hydrogens (tertiary/aromatic N) is 2. The average molecular weight is 315 g/mol. The monoisotopic (exact) mass is 315 g/mol. The number of benzene rings is 1. The maximum Gasteiger partial charge on any atom is 0.194 e. The van der Waals surface area contributed by atoms with Crippen LogP contribution in [0.15, 0.2) is 29.6 Å². The second-order valence-corrected chi connectivity index (χ2v) is 6.45. The zero-order valence-electron chi connectivity index (χ0n) is 13.2. The Labute approximate surface area is 134 Å². The minimum absolute atomic E-state index is 0.186. The highest BCUT2D eigenvalue weighted by Gasteiger charge is 2.14. The summed E-state index contributed by atoms with van der Waals surface area (Å²) in [6, 6.07) is 8.23. The van der Waals surface area contributed by atoms with Crippen LogP contribution in [0.1, 0.15) is 25.2 Å². The lowest BCUT2D eigenvalue weighted by atomic mass is 10.1. The molecule has 3 rings (SSSR count). The third kappa shape index (κ3) is 2.74. The summed E-state index contributed by atoms with van der Waals surface area (Å²) in [6.07, 6.45) is 1.02. The molecule has 0 saturated heterocycles. The summed E-state index contributed by atoms with van der Waals surface area (Å²) in [7, 11) is 0. The smallest absolute Gasteiger partial charge is 0.194 e. The van der Waals surface area contributed by atoms with E-state index in [1.165, 1.54) is 11.4 Å². The number of fused-ring (bicyclic) bond motifs is 1. The predicted molar refractivity (Wildman–Crippen MR) is 91.8 cm³/mol. The van der Waals surface area contributed by atoms with E-state index >= 15 is 0 Å². The molecule has 116 valence electrons. The molecule has 5 heteroatoms. The molecule has 3 aromatic rings. The standard InChI is InChI=1S/C17H21N3OS/c1-11(2)21-14-6-4-13(5-7-14)16-10-22-17-19-12(3)15(8-9-18)20(16)17/h4-7,10-11H,8-9,18H2,1-3H3. The molecule has 2 aromatic heterocycles. The van der Waals surface area contributed by atoms with E-state index in [0.29, 0.717) is 6.54 Å². The van der Waals surface area contributed by atoms with E-state index in [9.17, 15) is 0 Å². The Morgan fingerprint density at radius 1 is 1.27 bits per heavy atom. The molecule has 0 amide bonds. The van der Waals surface area contributed by atoms with Crippen molar-refractivity contribution in [2.45, 2.75) is 33.3 Å². The van der Waals surface area contributed by atoms with E-state index in [4.69, 9.17) is 10.5 Å². The van der Waals surface area contributed by atoms with Crippen LogP contribution in [0.5, 0.6) is 5.75 Å². The number of hydrogen-bond acceptors (Lipinski definition) is 4. The van der Waals surface area contributed by atoms with E-state index in [1.807, 2.05) is 32.9 Å². The molecule has 4 nitrogen and oxygen atoms in total. The molecule has 0 fully saturated rings. The van der Waals surface area contributed by atoms with Gasteiger partial charge in [-0.3, -0.25) is 4.40 Å². The predicted octanol–water partition coefficient (Wildman–Crippen LogP) is 3.66. The molecule has 0 aliphatic heterocycles. The van der Waals surface area contributed by atoms with Gasteiger partial charge in [-0.2, -0.15) is 0 Å². The molecule has 0 spiro atoms. The van der Waals surface area contributed by atoms with Gasteiger partial charge in [-0.25, -0.2) is 4.98 Å². The summed E-state index contributed by atoms with van der Waals surface area (Å²) in [5, 5.41) is 2.15. The van der Waals surface area contributed by atoms with Gasteiger partial charge in [0.2, 0.25) is 0 Å². The van der Waals surface area contributed by atoms with Gasteiger partial charge in [0.15, 0.2) is 4.96 Å². The number of ether oxygens (including phenoxy) is 1. The quantitative estimate of drug-likeness (QED) is 0.782. The molecule has 0 atom stereocenters. The fourth-order valence-corrected chi connectivity index (χ4v) is 3.59. The lowest BCUT2D eigenvalue weighted by molar-refractivity contribution is 0.242. The van der Waals surface area contributed by atoms with Crippen molar-refractivity contribution in [2.75, 3.05) is 6.54 Å². The Morgan fingerprint density at radius 3 is 2.64 bits per heavy atom. The van der Waals surface area contributed by atoms with Gasteiger partial charge in [-0.05, 0) is 57.1 Å². The van der Waals surface area contributed by atoms with Gasteiger partial charge in [-0.15, -0.1) is 11.3 Å². The maximum atomic E-state index is 5.75. The van der Waals surface area contributed by atoms with E-state index in [-0.39, 0.29) is 6.10 Å². The number of nitrogens with two attached hydrogens (primary N) is 1. The molecular weight excluding hydrogens is 294 g/mol. The second kappa shape index (κ2) is 6.10. The molecule has 0 aliphatic rings. The van der Waals surface area contributed by atoms with Gasteiger partial charge in [-0.1, -0.05) is 0 Å². The third-order valence-corrected chi connectivity index (χ3v) is 4.39. The summed E-state index contributed by atoms with van der Waals surface area (Å²) < 4.78 is 7.93. The summed E-state index contributed by atoms with van der Waals surface area (Å²) in [4.78, 5) is 5.66. The zero-order chi connectivity index (χ0) is 15.7. The van der Waals surface area contributed by atoms with Crippen molar-refractivity contribution in [2.24, 2.45) is 5.73 Å². The minimum Gasteiger partial charge on any atom is -0.491 e. The van der Waals surface area contributed by atoms with Gasteiger partial charge < -0.3 is 10.5 Å². The number of imidazole rings is 1. The van der Waals surface area contributed by atoms with Crippen molar-refractivity contribution in [1.82, 2.24) is 9.38 Å². The molecule has 2 N–H and O–H groups in total. The Balaban J connectivity index is 2.02. The van der Waals surface area contributed by atoms with Gasteiger partial charge >= 0.3 is 0 Å². The first-order chi connectivity index (χ1) is 10.6. The lowest BCUT2D eigenvalue weighted by Gasteiger charge is -2.10. The average Bonchev–Trinajstić information content (AvgIpc) is 3.00. The Hall–Kier alpha value is -1.85. The largest absolute Gasteiger partial charge is 0.491 e. The summed E-state index contributed by atoms with van der Waals surface area (Å²) in [5.41, 5.74) is 10.4. The number of thiazole rings is 1. The van der Waals surface area contributed by atoms with Gasteiger partial charge in [0.1, 0.15) is 5.75 Å². The van der Waals surface area contributed by atoms with Crippen LogP contribution < -0.4 is 10.5 Å². The van der Waals surface area contributed by atoms with Crippen LogP contribution in [0.3, 0.4) is 0 Å².